The van der Waals surface area contributed by atoms with Crippen LogP contribution in [0.4, 0.5) is 0 Å². The van der Waals surface area contributed by atoms with Crippen molar-refractivity contribution >= 4 is 17.9 Å². The van der Waals surface area contributed by atoms with E-state index in [1.54, 1.807) is 0 Å². The van der Waals surface area contributed by atoms with Crippen molar-refractivity contribution in [1.29, 1.82) is 0 Å². The van der Waals surface area contributed by atoms with E-state index in [0.717, 1.165) is 33.3 Å². The average Bonchev–Trinajstić information content (AvgIpc) is 3.21. The Morgan fingerprint density at radius 3 is 2.33 bits per heavy atom. The van der Waals surface area contributed by atoms with Crippen molar-refractivity contribution < 1.29 is 24.1 Å². The van der Waals surface area contributed by atoms with Gasteiger partial charge in [0.15, 0.2) is 11.5 Å². The summed E-state index contributed by atoms with van der Waals surface area (Å²) in [6.45, 7) is 0.715. The molecule has 0 amide bonds. The molecule has 1 unspecified atom stereocenters. The van der Waals surface area contributed by atoms with Crippen LogP contribution in [-0.2, 0) is 17.8 Å². The molecule has 0 aromatic heterocycles. The number of carboxylic acids is 1. The van der Waals surface area contributed by atoms with Gasteiger partial charge >= 0.3 is 5.97 Å². The number of nitrogens with zero attached hydrogens (tertiary/aromatic N) is 1. The van der Waals surface area contributed by atoms with Crippen LogP contribution in [0.5, 0.6) is 23.0 Å². The van der Waals surface area contributed by atoms with E-state index in [-0.39, 0.29) is 6.79 Å². The SMILES string of the molecule is O=C(O)C1Cc2cc3c(cc2CN1Sc1ccc(Oc2ccccc2)cc1)OCO3. The minimum absolute atomic E-state index is 0.205. The third kappa shape index (κ3) is 3.81. The van der Waals surface area contributed by atoms with Crippen molar-refractivity contribution in [2.24, 2.45) is 0 Å². The fourth-order valence-electron chi connectivity index (χ4n) is 3.59. The Hall–Kier alpha value is -3.16. The number of carbonyl (C=O) groups is 1. The van der Waals surface area contributed by atoms with Crippen molar-refractivity contribution in [2.45, 2.75) is 23.9 Å². The smallest absolute Gasteiger partial charge is 0.322 e. The van der Waals surface area contributed by atoms with Gasteiger partial charge in [0.25, 0.3) is 0 Å². The molecule has 3 aromatic carbocycles. The van der Waals surface area contributed by atoms with Crippen molar-refractivity contribution in [1.82, 2.24) is 4.31 Å². The molecule has 5 rings (SSSR count). The van der Waals surface area contributed by atoms with Crippen LogP contribution in [0.25, 0.3) is 0 Å². The first-order chi connectivity index (χ1) is 14.7. The van der Waals surface area contributed by atoms with Crippen LogP contribution in [0.1, 0.15) is 11.1 Å². The summed E-state index contributed by atoms with van der Waals surface area (Å²) >= 11 is 1.44. The lowest BCUT2D eigenvalue weighted by atomic mass is 9.95. The zero-order chi connectivity index (χ0) is 20.5. The monoisotopic (exact) mass is 421 g/mol. The fourth-order valence-corrected chi connectivity index (χ4v) is 4.61. The van der Waals surface area contributed by atoms with Gasteiger partial charge in [0, 0.05) is 17.9 Å². The Kier molecular flexibility index (Phi) is 4.98. The minimum atomic E-state index is -0.838. The van der Waals surface area contributed by atoms with Crippen LogP contribution >= 0.6 is 11.9 Å². The normalized spacial score (nSPS) is 17.4. The number of rotatable bonds is 5. The van der Waals surface area contributed by atoms with Crippen LogP contribution in [-0.4, -0.2) is 28.2 Å². The summed E-state index contributed by atoms with van der Waals surface area (Å²) in [5, 5.41) is 9.78. The van der Waals surface area contributed by atoms with Crippen LogP contribution < -0.4 is 14.2 Å². The summed E-state index contributed by atoms with van der Waals surface area (Å²) in [6, 6.07) is 20.5. The molecule has 0 radical (unpaired) electrons. The molecular formula is C23H19NO5S. The maximum atomic E-state index is 11.9. The second kappa shape index (κ2) is 7.93. The molecule has 0 saturated heterocycles. The van der Waals surface area contributed by atoms with Crippen molar-refractivity contribution in [3.05, 3.63) is 77.9 Å². The number of hydrogen-bond acceptors (Lipinski definition) is 6. The highest BCUT2D eigenvalue weighted by Gasteiger charge is 2.34. The van der Waals surface area contributed by atoms with Crippen LogP contribution in [0.3, 0.4) is 0 Å². The van der Waals surface area contributed by atoms with Gasteiger partial charge in [-0.15, -0.1) is 0 Å². The molecule has 0 fully saturated rings. The van der Waals surface area contributed by atoms with Gasteiger partial charge in [-0.25, -0.2) is 4.31 Å². The Morgan fingerprint density at radius 1 is 0.967 bits per heavy atom. The van der Waals surface area contributed by atoms with E-state index in [4.69, 9.17) is 14.2 Å². The lowest BCUT2D eigenvalue weighted by Gasteiger charge is -2.33. The highest BCUT2D eigenvalue weighted by molar-refractivity contribution is 7.97. The van der Waals surface area contributed by atoms with E-state index in [2.05, 4.69) is 0 Å². The molecule has 0 bridgehead atoms. The van der Waals surface area contributed by atoms with Gasteiger partial charge < -0.3 is 19.3 Å². The van der Waals surface area contributed by atoms with Crippen LogP contribution in [0.15, 0.2) is 71.6 Å². The molecule has 0 aliphatic carbocycles. The highest BCUT2D eigenvalue weighted by atomic mass is 32.2. The van der Waals surface area contributed by atoms with E-state index in [1.807, 2.05) is 71.0 Å². The van der Waals surface area contributed by atoms with E-state index in [1.165, 1.54) is 11.9 Å². The topological polar surface area (TPSA) is 68.2 Å². The van der Waals surface area contributed by atoms with Crippen LogP contribution in [0.2, 0.25) is 0 Å². The van der Waals surface area contributed by atoms with E-state index >= 15 is 0 Å². The van der Waals surface area contributed by atoms with Gasteiger partial charge in [-0.05, 0) is 71.6 Å². The van der Waals surface area contributed by atoms with Crippen molar-refractivity contribution in [3.63, 3.8) is 0 Å². The summed E-state index contributed by atoms with van der Waals surface area (Å²) < 4.78 is 18.6. The second-order valence-corrected chi connectivity index (χ2v) is 8.21. The summed E-state index contributed by atoms with van der Waals surface area (Å²) in [5.41, 5.74) is 2.06. The number of benzene rings is 3. The van der Waals surface area contributed by atoms with Crippen molar-refractivity contribution in [2.75, 3.05) is 6.79 Å². The van der Waals surface area contributed by atoms with E-state index in [9.17, 15) is 9.90 Å². The molecule has 3 aromatic rings. The number of para-hydroxylation sites is 1. The van der Waals surface area contributed by atoms with Gasteiger partial charge in [0.1, 0.15) is 17.5 Å². The average molecular weight is 421 g/mol. The lowest BCUT2D eigenvalue weighted by molar-refractivity contribution is -0.141. The Bertz CT molecular complexity index is 1070. The largest absolute Gasteiger partial charge is 0.480 e. The summed E-state index contributed by atoms with van der Waals surface area (Å²) in [6.07, 6.45) is 0.420. The first-order valence-corrected chi connectivity index (χ1v) is 10.3. The summed E-state index contributed by atoms with van der Waals surface area (Å²) in [4.78, 5) is 12.9. The van der Waals surface area contributed by atoms with Crippen molar-refractivity contribution in [3.8, 4) is 23.0 Å². The standard InChI is InChI=1S/C23H19NO5S/c25-23(26)20-10-15-11-21-22(28-14-27-21)12-16(15)13-24(20)30-19-8-6-18(7-9-19)29-17-4-2-1-3-5-17/h1-9,11-12,20H,10,13-14H2,(H,25,26). The van der Waals surface area contributed by atoms with Gasteiger partial charge in [-0.3, -0.25) is 4.79 Å². The first kappa shape index (κ1) is 18.8. The molecular weight excluding hydrogens is 402 g/mol. The zero-order valence-corrected chi connectivity index (χ0v) is 16.8. The third-order valence-corrected chi connectivity index (χ3v) is 6.19. The summed E-state index contributed by atoms with van der Waals surface area (Å²) in [5.74, 6) is 2.07. The second-order valence-electron chi connectivity index (χ2n) is 7.09. The number of carboxylic acid groups (broad SMARTS) is 1. The fraction of sp³-hybridized carbons (Fsp3) is 0.174. The Morgan fingerprint density at radius 2 is 1.63 bits per heavy atom. The summed E-state index contributed by atoms with van der Waals surface area (Å²) in [7, 11) is 0. The Balaban J connectivity index is 1.33. The molecule has 0 spiro atoms. The van der Waals surface area contributed by atoms with Gasteiger partial charge in [0.2, 0.25) is 6.79 Å². The molecule has 6 nitrogen and oxygen atoms in total. The number of hydrogen-bond donors (Lipinski definition) is 1. The Labute approximate surface area is 178 Å². The number of fused-ring (bicyclic) bond motifs is 2. The van der Waals surface area contributed by atoms with E-state index < -0.39 is 12.0 Å². The van der Waals surface area contributed by atoms with Gasteiger partial charge in [0.05, 0.1) is 0 Å². The third-order valence-electron chi connectivity index (χ3n) is 5.09. The predicted molar refractivity (Wildman–Crippen MR) is 112 cm³/mol. The van der Waals surface area contributed by atoms with Crippen LogP contribution in [0, 0.1) is 0 Å². The molecule has 152 valence electrons. The maximum Gasteiger partial charge on any atom is 0.322 e. The minimum Gasteiger partial charge on any atom is -0.480 e. The molecule has 1 atom stereocenters. The van der Waals surface area contributed by atoms with Gasteiger partial charge in [-0.2, -0.15) is 0 Å². The molecule has 2 heterocycles. The predicted octanol–water partition coefficient (Wildman–Crippen LogP) is 4.73. The number of aliphatic carboxylic acids is 1. The lowest BCUT2D eigenvalue weighted by Crippen LogP contribution is -2.41. The maximum absolute atomic E-state index is 11.9. The molecule has 0 saturated carbocycles. The molecule has 2 aliphatic rings. The van der Waals surface area contributed by atoms with E-state index in [0.29, 0.717) is 18.7 Å². The molecule has 30 heavy (non-hydrogen) atoms. The first-order valence-electron chi connectivity index (χ1n) is 9.57. The van der Waals surface area contributed by atoms with Gasteiger partial charge in [-0.1, -0.05) is 18.2 Å². The highest BCUT2D eigenvalue weighted by Crippen LogP contribution is 2.40. The molecule has 7 heteroatoms. The molecule has 1 N–H and O–H groups in total. The number of ether oxygens (including phenoxy) is 3. The quantitative estimate of drug-likeness (QED) is 0.598. The molecule has 2 aliphatic heterocycles. The zero-order valence-electron chi connectivity index (χ0n) is 16.0.